The van der Waals surface area contributed by atoms with E-state index < -0.39 is 0 Å². The minimum Gasteiger partial charge on any atom is -0.468 e. The van der Waals surface area contributed by atoms with Crippen LogP contribution in [-0.2, 0) is 25.9 Å². The molecular formula is C25H22N4O2S. The minimum atomic E-state index is 0.0439. The van der Waals surface area contributed by atoms with E-state index in [1.165, 1.54) is 10.4 Å². The summed E-state index contributed by atoms with van der Waals surface area (Å²) in [6.45, 7) is 1.19. The fourth-order valence-electron chi connectivity index (χ4n) is 4.62. The smallest absolute Gasteiger partial charge is 0.262 e. The van der Waals surface area contributed by atoms with Gasteiger partial charge in [0.25, 0.3) is 5.56 Å². The highest BCUT2D eigenvalue weighted by molar-refractivity contribution is 7.18. The molecule has 1 aliphatic carbocycles. The molecule has 0 fully saturated rings. The fraction of sp³-hybridized carbons (Fsp3) is 0.240. The zero-order valence-corrected chi connectivity index (χ0v) is 18.3. The van der Waals surface area contributed by atoms with E-state index >= 15 is 0 Å². The predicted molar refractivity (Wildman–Crippen MR) is 126 cm³/mol. The van der Waals surface area contributed by atoms with Gasteiger partial charge in [0.15, 0.2) is 0 Å². The second kappa shape index (κ2) is 8.00. The van der Waals surface area contributed by atoms with Crippen LogP contribution in [0.3, 0.4) is 0 Å². The third-order valence-corrected chi connectivity index (χ3v) is 7.40. The molecule has 32 heavy (non-hydrogen) atoms. The van der Waals surface area contributed by atoms with Crippen LogP contribution in [0.1, 0.15) is 28.2 Å². The average Bonchev–Trinajstić information content (AvgIpc) is 3.47. The van der Waals surface area contributed by atoms with Gasteiger partial charge in [0.1, 0.15) is 10.6 Å². The molecule has 4 heterocycles. The van der Waals surface area contributed by atoms with Crippen molar-refractivity contribution in [2.24, 2.45) is 0 Å². The lowest BCUT2D eigenvalue weighted by atomic mass is 9.93. The Bertz CT molecular complexity index is 1460. The minimum absolute atomic E-state index is 0.0439. The number of pyridine rings is 1. The van der Waals surface area contributed by atoms with Crippen LogP contribution in [0.15, 0.2) is 70.5 Å². The molecule has 5 aromatic rings. The lowest BCUT2D eigenvalue weighted by Crippen LogP contribution is -2.33. The van der Waals surface area contributed by atoms with Gasteiger partial charge in [-0.1, -0.05) is 24.3 Å². The Morgan fingerprint density at radius 2 is 2.09 bits per heavy atom. The van der Waals surface area contributed by atoms with Crippen molar-refractivity contribution in [3.05, 3.63) is 93.4 Å². The van der Waals surface area contributed by atoms with E-state index in [0.717, 1.165) is 58.3 Å². The Morgan fingerprint density at radius 3 is 3.00 bits per heavy atom. The van der Waals surface area contributed by atoms with E-state index in [1.807, 2.05) is 42.5 Å². The van der Waals surface area contributed by atoms with Crippen molar-refractivity contribution < 1.29 is 4.42 Å². The molecule has 4 aromatic heterocycles. The van der Waals surface area contributed by atoms with Gasteiger partial charge in [0.05, 0.1) is 36.6 Å². The van der Waals surface area contributed by atoms with Crippen molar-refractivity contribution in [1.29, 1.82) is 0 Å². The second-order valence-corrected chi connectivity index (χ2v) is 9.34. The van der Waals surface area contributed by atoms with Crippen LogP contribution in [0.2, 0.25) is 0 Å². The molecule has 0 radical (unpaired) electrons. The van der Waals surface area contributed by atoms with Crippen LogP contribution in [0.25, 0.3) is 21.1 Å². The Balaban J connectivity index is 1.30. The van der Waals surface area contributed by atoms with Crippen LogP contribution >= 0.6 is 11.3 Å². The molecule has 1 atom stereocenters. The summed E-state index contributed by atoms with van der Waals surface area (Å²) >= 11 is 1.66. The number of thiophene rings is 1. The normalized spacial score (nSPS) is 15.9. The number of rotatable bonds is 5. The number of fused-ring (bicyclic) bond motifs is 4. The quantitative estimate of drug-likeness (QED) is 0.439. The summed E-state index contributed by atoms with van der Waals surface area (Å²) in [5.74, 6) is 0.944. The first-order chi connectivity index (χ1) is 15.8. The topological polar surface area (TPSA) is 73.0 Å². The molecule has 0 saturated heterocycles. The van der Waals surface area contributed by atoms with Gasteiger partial charge in [0.2, 0.25) is 0 Å². The summed E-state index contributed by atoms with van der Waals surface area (Å²) in [4.78, 5) is 24.8. The predicted octanol–water partition coefficient (Wildman–Crippen LogP) is 4.29. The van der Waals surface area contributed by atoms with Crippen LogP contribution in [0, 0.1) is 0 Å². The van der Waals surface area contributed by atoms with Gasteiger partial charge in [-0.3, -0.25) is 14.3 Å². The Labute approximate surface area is 188 Å². The molecule has 0 bridgehead atoms. The summed E-state index contributed by atoms with van der Waals surface area (Å²) in [6.07, 6.45) is 7.99. The number of hydrogen-bond donors (Lipinski definition) is 1. The van der Waals surface area contributed by atoms with E-state index in [9.17, 15) is 4.79 Å². The van der Waals surface area contributed by atoms with Gasteiger partial charge in [0, 0.05) is 22.5 Å². The lowest BCUT2D eigenvalue weighted by molar-refractivity contribution is 0.419. The summed E-state index contributed by atoms with van der Waals surface area (Å²) in [7, 11) is 0. The van der Waals surface area contributed by atoms with Crippen LogP contribution in [0.5, 0.6) is 0 Å². The molecule has 0 aliphatic heterocycles. The zero-order chi connectivity index (χ0) is 21.5. The number of nitrogens with zero attached hydrogens (tertiary/aromatic N) is 3. The molecule has 7 heteroatoms. The van der Waals surface area contributed by atoms with Gasteiger partial charge in [-0.2, -0.15) is 0 Å². The monoisotopic (exact) mass is 442 g/mol. The molecular weight excluding hydrogens is 420 g/mol. The summed E-state index contributed by atoms with van der Waals surface area (Å²) in [6, 6.07) is 14.3. The number of furan rings is 1. The standard InChI is InChI=1S/C25H22N4O2S/c30-25-22-20-9-8-18(27-13-19-7-3-11-31-19)12-21(20)32-24(22)28-15-29(25)14-17-5-1-4-16-6-2-10-26-23(16)17/h1-7,10-11,15,18,27H,8-9,12-14H2. The van der Waals surface area contributed by atoms with E-state index in [-0.39, 0.29) is 5.56 Å². The molecule has 0 saturated carbocycles. The van der Waals surface area contributed by atoms with Crippen molar-refractivity contribution in [2.75, 3.05) is 0 Å². The van der Waals surface area contributed by atoms with Crippen molar-refractivity contribution in [2.45, 2.75) is 38.4 Å². The Hall–Kier alpha value is -3.29. The van der Waals surface area contributed by atoms with Crippen molar-refractivity contribution in [3.8, 4) is 0 Å². The molecule has 6 rings (SSSR count). The maximum absolute atomic E-state index is 13.4. The van der Waals surface area contributed by atoms with Crippen LogP contribution < -0.4 is 10.9 Å². The number of hydrogen-bond acceptors (Lipinski definition) is 6. The third kappa shape index (κ3) is 3.43. The molecule has 0 spiro atoms. The van der Waals surface area contributed by atoms with E-state index in [2.05, 4.69) is 15.3 Å². The molecule has 0 amide bonds. The summed E-state index contributed by atoms with van der Waals surface area (Å²) in [5.41, 5.74) is 3.18. The zero-order valence-electron chi connectivity index (χ0n) is 17.5. The average molecular weight is 443 g/mol. The van der Waals surface area contributed by atoms with Crippen LogP contribution in [-0.4, -0.2) is 20.6 Å². The van der Waals surface area contributed by atoms with E-state index in [1.54, 1.807) is 34.7 Å². The molecule has 160 valence electrons. The highest BCUT2D eigenvalue weighted by atomic mass is 32.1. The van der Waals surface area contributed by atoms with Gasteiger partial charge < -0.3 is 9.73 Å². The second-order valence-electron chi connectivity index (χ2n) is 8.25. The highest BCUT2D eigenvalue weighted by Crippen LogP contribution is 2.33. The first-order valence-corrected chi connectivity index (χ1v) is 11.7. The summed E-state index contributed by atoms with van der Waals surface area (Å²) < 4.78 is 7.15. The largest absolute Gasteiger partial charge is 0.468 e. The first kappa shape index (κ1) is 19.4. The van der Waals surface area contributed by atoms with Gasteiger partial charge >= 0.3 is 0 Å². The van der Waals surface area contributed by atoms with Gasteiger partial charge in [-0.25, -0.2) is 4.98 Å². The number of aromatic nitrogens is 3. The number of benzene rings is 1. The molecule has 1 aromatic carbocycles. The Kier molecular flexibility index (Phi) is 4.85. The number of para-hydroxylation sites is 1. The molecule has 1 N–H and O–H groups in total. The highest BCUT2D eigenvalue weighted by Gasteiger charge is 2.25. The lowest BCUT2D eigenvalue weighted by Gasteiger charge is -2.23. The Morgan fingerprint density at radius 1 is 1.16 bits per heavy atom. The van der Waals surface area contributed by atoms with Gasteiger partial charge in [-0.15, -0.1) is 11.3 Å². The third-order valence-electron chi connectivity index (χ3n) is 6.24. The summed E-state index contributed by atoms with van der Waals surface area (Å²) in [5, 5.41) is 5.46. The van der Waals surface area contributed by atoms with Crippen molar-refractivity contribution in [1.82, 2.24) is 19.9 Å². The van der Waals surface area contributed by atoms with Crippen LogP contribution in [0.4, 0.5) is 0 Å². The number of nitrogens with one attached hydrogen (secondary N) is 1. The number of aryl methyl sites for hydroxylation is 1. The maximum atomic E-state index is 13.4. The van der Waals surface area contributed by atoms with Crippen molar-refractivity contribution >= 4 is 32.5 Å². The molecule has 1 unspecified atom stereocenters. The van der Waals surface area contributed by atoms with Gasteiger partial charge in [-0.05, 0) is 48.6 Å². The molecule has 1 aliphatic rings. The maximum Gasteiger partial charge on any atom is 0.262 e. The SMILES string of the molecule is O=c1c2c3c(sc2ncn1Cc1cccc2cccnc12)CC(NCc1ccco1)CC3. The van der Waals surface area contributed by atoms with Crippen molar-refractivity contribution in [3.63, 3.8) is 0 Å². The first-order valence-electron chi connectivity index (χ1n) is 10.8. The van der Waals surface area contributed by atoms with E-state index in [0.29, 0.717) is 12.6 Å². The van der Waals surface area contributed by atoms with E-state index in [4.69, 9.17) is 4.42 Å². The molecule has 6 nitrogen and oxygen atoms in total. The fourth-order valence-corrected chi connectivity index (χ4v) is 5.88.